The van der Waals surface area contributed by atoms with E-state index in [9.17, 15) is 4.79 Å². The molecule has 0 fully saturated rings. The second-order valence-corrected chi connectivity index (χ2v) is 9.05. The van der Waals surface area contributed by atoms with Crippen molar-refractivity contribution in [3.63, 3.8) is 0 Å². The Morgan fingerprint density at radius 1 is 1.09 bits per heavy atom. The lowest BCUT2D eigenvalue weighted by Crippen LogP contribution is -2.11. The summed E-state index contributed by atoms with van der Waals surface area (Å²) in [7, 11) is 0. The van der Waals surface area contributed by atoms with Crippen LogP contribution in [0.5, 0.6) is 11.5 Å². The van der Waals surface area contributed by atoms with Crippen LogP contribution in [-0.4, -0.2) is 33.8 Å². The van der Waals surface area contributed by atoms with Gasteiger partial charge >= 0.3 is 5.97 Å². The molecule has 0 amide bonds. The minimum absolute atomic E-state index is 0.0124. The monoisotopic (exact) mass is 455 g/mol. The Bertz CT molecular complexity index is 1440. The molecule has 2 aliphatic heterocycles. The van der Waals surface area contributed by atoms with E-state index in [2.05, 4.69) is 53.2 Å². The number of hydrogen-bond acceptors (Lipinski definition) is 5. The lowest BCUT2D eigenvalue weighted by atomic mass is 9.97. The van der Waals surface area contributed by atoms with E-state index in [0.717, 1.165) is 50.9 Å². The van der Waals surface area contributed by atoms with Gasteiger partial charge in [-0.3, -0.25) is 9.36 Å². The Kier molecular flexibility index (Phi) is 4.72. The molecular weight excluding hydrogens is 430 g/mol. The maximum Gasteiger partial charge on any atom is 0.304 e. The zero-order valence-corrected chi connectivity index (χ0v) is 19.0. The standard InChI is InChI=1S/C27H25N3O4/c1-15-6-9-23-21(10-15)28-16(2)30(23)24-5-3-4-20-22(14-34-27(20)24)29-18-7-8-19-17(11-26(31)32)13-33-25(19)12-18/h3-10,12,17,22,29H,11,13-14H2,1-2H3,(H,31,32)/t17-,22?/m1/s1. The molecule has 2 aliphatic rings. The fourth-order valence-corrected chi connectivity index (χ4v) is 5.09. The van der Waals surface area contributed by atoms with E-state index in [1.807, 2.05) is 25.1 Å². The number of nitrogens with zero attached hydrogens (tertiary/aromatic N) is 2. The molecule has 0 saturated heterocycles. The maximum atomic E-state index is 11.1. The number of ether oxygens (including phenoxy) is 2. The highest BCUT2D eigenvalue weighted by molar-refractivity contribution is 5.80. The third-order valence-electron chi connectivity index (χ3n) is 6.67. The largest absolute Gasteiger partial charge is 0.493 e. The average molecular weight is 456 g/mol. The minimum Gasteiger partial charge on any atom is -0.493 e. The molecule has 0 saturated carbocycles. The molecule has 6 rings (SSSR count). The van der Waals surface area contributed by atoms with Crippen molar-refractivity contribution >= 4 is 22.7 Å². The number of carbonyl (C=O) groups is 1. The van der Waals surface area contributed by atoms with Crippen LogP contribution in [-0.2, 0) is 4.79 Å². The summed E-state index contributed by atoms with van der Waals surface area (Å²) in [6.45, 7) is 5.00. The Labute approximate surface area is 197 Å². The highest BCUT2D eigenvalue weighted by Gasteiger charge is 2.30. The highest BCUT2D eigenvalue weighted by atomic mass is 16.5. The lowest BCUT2D eigenvalue weighted by Gasteiger charge is -2.15. The molecule has 7 nitrogen and oxygen atoms in total. The number of aromatic nitrogens is 2. The third-order valence-corrected chi connectivity index (χ3v) is 6.67. The van der Waals surface area contributed by atoms with E-state index in [-0.39, 0.29) is 18.4 Å². The van der Waals surface area contributed by atoms with Crippen LogP contribution < -0.4 is 14.8 Å². The van der Waals surface area contributed by atoms with E-state index in [0.29, 0.717) is 13.2 Å². The number of para-hydroxylation sites is 1. The maximum absolute atomic E-state index is 11.1. The Morgan fingerprint density at radius 2 is 1.97 bits per heavy atom. The Balaban J connectivity index is 1.31. The molecule has 0 aliphatic carbocycles. The number of hydrogen-bond donors (Lipinski definition) is 2. The molecule has 1 unspecified atom stereocenters. The number of carboxylic acids is 1. The molecule has 7 heteroatoms. The summed E-state index contributed by atoms with van der Waals surface area (Å²) in [5.41, 5.74) is 7.17. The first kappa shape index (κ1) is 20.6. The topological polar surface area (TPSA) is 85.6 Å². The van der Waals surface area contributed by atoms with Gasteiger partial charge in [0.25, 0.3) is 0 Å². The summed E-state index contributed by atoms with van der Waals surface area (Å²) in [5.74, 6) is 1.62. The Morgan fingerprint density at radius 3 is 2.82 bits per heavy atom. The van der Waals surface area contributed by atoms with Gasteiger partial charge in [-0.25, -0.2) is 4.98 Å². The van der Waals surface area contributed by atoms with Crippen LogP contribution in [0.1, 0.15) is 40.9 Å². The predicted molar refractivity (Wildman–Crippen MR) is 129 cm³/mol. The normalized spacial score (nSPS) is 18.3. The van der Waals surface area contributed by atoms with Crippen LogP contribution in [0.4, 0.5) is 5.69 Å². The molecule has 0 spiro atoms. The van der Waals surface area contributed by atoms with Gasteiger partial charge in [0.1, 0.15) is 23.9 Å². The van der Waals surface area contributed by atoms with Crippen molar-refractivity contribution in [3.05, 3.63) is 77.1 Å². The predicted octanol–water partition coefficient (Wildman–Crippen LogP) is 5.14. The van der Waals surface area contributed by atoms with Gasteiger partial charge in [0.05, 0.1) is 35.8 Å². The minimum atomic E-state index is -0.810. The van der Waals surface area contributed by atoms with Gasteiger partial charge in [0.15, 0.2) is 0 Å². The van der Waals surface area contributed by atoms with Gasteiger partial charge in [-0.2, -0.15) is 0 Å². The third kappa shape index (κ3) is 3.36. The van der Waals surface area contributed by atoms with E-state index in [1.54, 1.807) is 0 Å². The van der Waals surface area contributed by atoms with Gasteiger partial charge in [-0.05, 0) is 43.7 Å². The second-order valence-electron chi connectivity index (χ2n) is 9.05. The molecule has 3 heterocycles. The molecule has 34 heavy (non-hydrogen) atoms. The fourth-order valence-electron chi connectivity index (χ4n) is 5.09. The molecule has 172 valence electrons. The van der Waals surface area contributed by atoms with Gasteiger partial charge in [0.2, 0.25) is 0 Å². The van der Waals surface area contributed by atoms with E-state index in [1.165, 1.54) is 5.56 Å². The number of anilines is 1. The van der Waals surface area contributed by atoms with Crippen LogP contribution in [0.25, 0.3) is 16.7 Å². The number of rotatable bonds is 5. The highest BCUT2D eigenvalue weighted by Crippen LogP contribution is 2.42. The first-order valence-electron chi connectivity index (χ1n) is 11.4. The summed E-state index contributed by atoms with van der Waals surface area (Å²) in [6.07, 6.45) is 0.0777. The smallest absolute Gasteiger partial charge is 0.304 e. The first-order chi connectivity index (χ1) is 16.5. The zero-order chi connectivity index (χ0) is 23.4. The number of nitrogens with one attached hydrogen (secondary N) is 1. The first-order valence-corrected chi connectivity index (χ1v) is 11.4. The summed E-state index contributed by atoms with van der Waals surface area (Å²) < 4.78 is 14.1. The quantitative estimate of drug-likeness (QED) is 0.434. The molecule has 2 N–H and O–H groups in total. The van der Waals surface area contributed by atoms with Crippen molar-refractivity contribution in [2.45, 2.75) is 32.2 Å². The van der Waals surface area contributed by atoms with Crippen molar-refractivity contribution in [2.75, 3.05) is 18.5 Å². The number of aryl methyl sites for hydroxylation is 2. The van der Waals surface area contributed by atoms with Crippen molar-refractivity contribution in [1.82, 2.24) is 9.55 Å². The molecule has 4 aromatic rings. The van der Waals surface area contributed by atoms with Crippen molar-refractivity contribution in [3.8, 4) is 17.2 Å². The van der Waals surface area contributed by atoms with E-state index in [4.69, 9.17) is 19.6 Å². The number of benzene rings is 3. The summed E-state index contributed by atoms with van der Waals surface area (Å²) in [6, 6.07) is 18.4. The fraction of sp³-hybridized carbons (Fsp3) is 0.259. The van der Waals surface area contributed by atoms with Gasteiger partial charge in [-0.15, -0.1) is 0 Å². The van der Waals surface area contributed by atoms with Crippen LogP contribution in [0.2, 0.25) is 0 Å². The van der Waals surface area contributed by atoms with Gasteiger partial charge in [-0.1, -0.05) is 24.3 Å². The van der Waals surface area contributed by atoms with Crippen molar-refractivity contribution in [2.24, 2.45) is 0 Å². The summed E-state index contributed by atoms with van der Waals surface area (Å²) in [4.78, 5) is 15.9. The van der Waals surface area contributed by atoms with Crippen molar-refractivity contribution in [1.29, 1.82) is 0 Å². The molecule has 3 aromatic carbocycles. The van der Waals surface area contributed by atoms with Gasteiger partial charge in [0, 0.05) is 28.8 Å². The van der Waals surface area contributed by atoms with E-state index >= 15 is 0 Å². The number of carboxylic acid groups (broad SMARTS) is 1. The second kappa shape index (κ2) is 7.80. The SMILES string of the molecule is Cc1ccc2c(c1)nc(C)n2-c1cccc2c1OCC2Nc1ccc2c(c1)OC[C@H]2CC(=O)O. The molecular formula is C27H25N3O4. The van der Waals surface area contributed by atoms with Crippen LogP contribution in [0.3, 0.4) is 0 Å². The summed E-state index contributed by atoms with van der Waals surface area (Å²) in [5, 5.41) is 12.7. The van der Waals surface area contributed by atoms with Crippen LogP contribution in [0, 0.1) is 13.8 Å². The van der Waals surface area contributed by atoms with Crippen LogP contribution in [0.15, 0.2) is 54.6 Å². The lowest BCUT2D eigenvalue weighted by molar-refractivity contribution is -0.137. The Hall–Kier alpha value is -4.00. The number of aliphatic carboxylic acids is 1. The van der Waals surface area contributed by atoms with Crippen LogP contribution >= 0.6 is 0 Å². The molecule has 0 bridgehead atoms. The number of fused-ring (bicyclic) bond motifs is 3. The molecule has 1 aromatic heterocycles. The number of imidazole rings is 1. The van der Waals surface area contributed by atoms with Crippen molar-refractivity contribution < 1.29 is 19.4 Å². The summed E-state index contributed by atoms with van der Waals surface area (Å²) >= 11 is 0. The average Bonchev–Trinajstić information content (AvgIpc) is 3.48. The molecule has 2 atom stereocenters. The van der Waals surface area contributed by atoms with E-state index < -0.39 is 5.97 Å². The van der Waals surface area contributed by atoms with Gasteiger partial charge < -0.3 is 19.9 Å². The zero-order valence-electron chi connectivity index (χ0n) is 19.0. The molecule has 0 radical (unpaired) electrons.